The van der Waals surface area contributed by atoms with Crippen molar-refractivity contribution >= 4 is 23.3 Å². The molecule has 0 saturated carbocycles. The monoisotopic (exact) mass is 359 g/mol. The third kappa shape index (κ3) is 3.64. The zero-order chi connectivity index (χ0) is 18.0. The highest BCUT2D eigenvalue weighted by atomic mass is 35.5. The normalized spacial score (nSPS) is 10.6. The fourth-order valence-electron chi connectivity index (χ4n) is 2.30. The van der Waals surface area contributed by atoms with Crippen LogP contribution >= 0.6 is 11.6 Å². The SMILES string of the molecule is Cc1ccncc1-c1cc(C(=O)Nc2ccc(Cl)cn2)cc(F)c1F. The van der Waals surface area contributed by atoms with E-state index in [9.17, 15) is 13.6 Å². The largest absolute Gasteiger partial charge is 0.307 e. The van der Waals surface area contributed by atoms with Crippen molar-refractivity contribution in [2.24, 2.45) is 0 Å². The fraction of sp³-hybridized carbons (Fsp3) is 0.0556. The summed E-state index contributed by atoms with van der Waals surface area (Å²) >= 11 is 5.73. The van der Waals surface area contributed by atoms with E-state index < -0.39 is 17.5 Å². The predicted molar refractivity (Wildman–Crippen MR) is 91.5 cm³/mol. The number of nitrogens with zero attached hydrogens (tertiary/aromatic N) is 2. The summed E-state index contributed by atoms with van der Waals surface area (Å²) in [4.78, 5) is 20.2. The van der Waals surface area contributed by atoms with Gasteiger partial charge in [-0.2, -0.15) is 0 Å². The van der Waals surface area contributed by atoms with E-state index in [4.69, 9.17) is 11.6 Å². The lowest BCUT2D eigenvalue weighted by molar-refractivity contribution is 0.102. The van der Waals surface area contributed by atoms with Crippen LogP contribution in [0.2, 0.25) is 5.02 Å². The summed E-state index contributed by atoms with van der Waals surface area (Å²) in [5.41, 5.74) is 1.07. The average molecular weight is 360 g/mol. The summed E-state index contributed by atoms with van der Waals surface area (Å²) in [6.45, 7) is 1.75. The standard InChI is InChI=1S/C18H12ClF2N3O/c1-10-4-5-22-9-14(10)13-6-11(7-15(20)17(13)21)18(25)24-16-3-2-12(19)8-23-16/h2-9H,1H3,(H,23,24,25). The van der Waals surface area contributed by atoms with Crippen molar-refractivity contribution in [2.45, 2.75) is 6.92 Å². The van der Waals surface area contributed by atoms with Crippen LogP contribution in [-0.4, -0.2) is 15.9 Å². The van der Waals surface area contributed by atoms with Gasteiger partial charge in [0.1, 0.15) is 5.82 Å². The minimum absolute atomic E-state index is 0.0279. The number of pyridine rings is 2. The summed E-state index contributed by atoms with van der Waals surface area (Å²) in [6, 6.07) is 6.87. The number of carbonyl (C=O) groups is 1. The molecule has 2 aromatic heterocycles. The number of aromatic nitrogens is 2. The van der Waals surface area contributed by atoms with E-state index in [1.807, 2.05) is 0 Å². The molecule has 7 heteroatoms. The van der Waals surface area contributed by atoms with Crippen molar-refractivity contribution in [3.63, 3.8) is 0 Å². The first-order valence-corrected chi connectivity index (χ1v) is 7.66. The van der Waals surface area contributed by atoms with Gasteiger partial charge in [-0.15, -0.1) is 0 Å². The second kappa shape index (κ2) is 6.94. The highest BCUT2D eigenvalue weighted by Gasteiger charge is 2.18. The van der Waals surface area contributed by atoms with E-state index in [1.54, 1.807) is 25.3 Å². The number of hydrogen-bond donors (Lipinski definition) is 1. The first kappa shape index (κ1) is 17.0. The summed E-state index contributed by atoms with van der Waals surface area (Å²) in [5, 5.41) is 2.93. The number of aryl methyl sites for hydroxylation is 1. The first-order valence-electron chi connectivity index (χ1n) is 7.28. The van der Waals surface area contributed by atoms with Gasteiger partial charge in [0.2, 0.25) is 0 Å². The molecule has 0 fully saturated rings. The van der Waals surface area contributed by atoms with Crippen LogP contribution in [0, 0.1) is 18.6 Å². The number of anilines is 1. The van der Waals surface area contributed by atoms with Crippen molar-refractivity contribution < 1.29 is 13.6 Å². The summed E-state index contributed by atoms with van der Waals surface area (Å²) in [7, 11) is 0. The van der Waals surface area contributed by atoms with Crippen molar-refractivity contribution in [3.8, 4) is 11.1 Å². The molecule has 4 nitrogen and oxygen atoms in total. The van der Waals surface area contributed by atoms with E-state index in [2.05, 4.69) is 15.3 Å². The molecular formula is C18H12ClF2N3O. The second-order valence-corrected chi connectivity index (χ2v) is 5.76. The molecule has 1 amide bonds. The van der Waals surface area contributed by atoms with Gasteiger partial charge in [0.25, 0.3) is 5.91 Å². The molecule has 3 rings (SSSR count). The van der Waals surface area contributed by atoms with Crippen molar-refractivity contribution in [1.29, 1.82) is 0 Å². The number of nitrogens with one attached hydrogen (secondary N) is 1. The van der Waals surface area contributed by atoms with E-state index >= 15 is 0 Å². The Morgan fingerprint density at radius 2 is 1.92 bits per heavy atom. The molecule has 126 valence electrons. The third-order valence-electron chi connectivity index (χ3n) is 3.59. The zero-order valence-electron chi connectivity index (χ0n) is 13.1. The van der Waals surface area contributed by atoms with Crippen LogP contribution in [0.1, 0.15) is 15.9 Å². The van der Waals surface area contributed by atoms with Gasteiger partial charge in [-0.1, -0.05) is 11.6 Å². The lowest BCUT2D eigenvalue weighted by Gasteiger charge is -2.10. The third-order valence-corrected chi connectivity index (χ3v) is 3.81. The number of halogens is 3. The molecular weight excluding hydrogens is 348 g/mol. The molecule has 0 radical (unpaired) electrons. The van der Waals surface area contributed by atoms with Crippen molar-refractivity contribution in [3.05, 3.63) is 76.7 Å². The number of benzene rings is 1. The van der Waals surface area contributed by atoms with Crippen LogP contribution in [0.3, 0.4) is 0 Å². The highest BCUT2D eigenvalue weighted by Crippen LogP contribution is 2.28. The van der Waals surface area contributed by atoms with Gasteiger partial charge in [-0.05, 0) is 42.8 Å². The van der Waals surface area contributed by atoms with Gasteiger partial charge < -0.3 is 5.32 Å². The number of amides is 1. The van der Waals surface area contributed by atoms with Crippen LogP contribution in [0.25, 0.3) is 11.1 Å². The Hall–Kier alpha value is -2.86. The average Bonchev–Trinajstić information content (AvgIpc) is 2.60. The Labute approximate surface area is 147 Å². The zero-order valence-corrected chi connectivity index (χ0v) is 13.8. The van der Waals surface area contributed by atoms with Gasteiger partial charge >= 0.3 is 0 Å². The number of rotatable bonds is 3. The molecule has 0 spiro atoms. The molecule has 0 saturated heterocycles. The number of hydrogen-bond acceptors (Lipinski definition) is 3. The molecule has 1 N–H and O–H groups in total. The summed E-state index contributed by atoms with van der Waals surface area (Å²) < 4.78 is 28.2. The maximum atomic E-state index is 14.2. The first-order chi connectivity index (χ1) is 12.0. The smallest absolute Gasteiger partial charge is 0.256 e. The molecule has 0 aliphatic rings. The van der Waals surface area contributed by atoms with Crippen LogP contribution in [-0.2, 0) is 0 Å². The van der Waals surface area contributed by atoms with Crippen molar-refractivity contribution in [2.75, 3.05) is 5.32 Å². The quantitative estimate of drug-likeness (QED) is 0.741. The molecule has 1 aromatic carbocycles. The minimum atomic E-state index is -1.12. The Morgan fingerprint density at radius 1 is 1.12 bits per heavy atom. The van der Waals surface area contributed by atoms with Gasteiger partial charge in [0, 0.05) is 35.3 Å². The fourth-order valence-corrected chi connectivity index (χ4v) is 2.41. The van der Waals surface area contributed by atoms with E-state index in [0.717, 1.165) is 6.07 Å². The molecule has 2 heterocycles. The van der Waals surface area contributed by atoms with Gasteiger partial charge in [0.05, 0.1) is 5.02 Å². The lowest BCUT2D eigenvalue weighted by atomic mass is 9.99. The molecule has 3 aromatic rings. The predicted octanol–water partition coefficient (Wildman–Crippen LogP) is 4.64. The van der Waals surface area contributed by atoms with Crippen LogP contribution < -0.4 is 5.32 Å². The molecule has 0 unspecified atom stereocenters. The van der Waals surface area contributed by atoms with E-state index in [1.165, 1.54) is 24.5 Å². The van der Waals surface area contributed by atoms with E-state index in [0.29, 0.717) is 16.1 Å². The Morgan fingerprint density at radius 3 is 2.60 bits per heavy atom. The molecule has 25 heavy (non-hydrogen) atoms. The topological polar surface area (TPSA) is 54.9 Å². The van der Waals surface area contributed by atoms with Gasteiger partial charge in [-0.25, -0.2) is 13.8 Å². The molecule has 0 aliphatic heterocycles. The van der Waals surface area contributed by atoms with Crippen LogP contribution in [0.5, 0.6) is 0 Å². The summed E-state index contributed by atoms with van der Waals surface area (Å²) in [6.07, 6.45) is 4.35. The van der Waals surface area contributed by atoms with Gasteiger partial charge in [-0.3, -0.25) is 9.78 Å². The lowest BCUT2D eigenvalue weighted by Crippen LogP contribution is -2.14. The highest BCUT2D eigenvalue weighted by molar-refractivity contribution is 6.30. The molecule has 0 atom stereocenters. The van der Waals surface area contributed by atoms with Gasteiger partial charge in [0.15, 0.2) is 11.6 Å². The maximum Gasteiger partial charge on any atom is 0.256 e. The van der Waals surface area contributed by atoms with Crippen molar-refractivity contribution in [1.82, 2.24) is 9.97 Å². The van der Waals surface area contributed by atoms with Crippen LogP contribution in [0.15, 0.2) is 48.9 Å². The molecule has 0 aliphatic carbocycles. The second-order valence-electron chi connectivity index (χ2n) is 5.33. The Kier molecular flexibility index (Phi) is 4.72. The van der Waals surface area contributed by atoms with Crippen LogP contribution in [0.4, 0.5) is 14.6 Å². The molecule has 0 bridgehead atoms. The van der Waals surface area contributed by atoms with E-state index in [-0.39, 0.29) is 16.9 Å². The Balaban J connectivity index is 1.98. The summed E-state index contributed by atoms with van der Waals surface area (Å²) in [5.74, 6) is -2.51. The Bertz CT molecular complexity index is 946. The number of carbonyl (C=O) groups excluding carboxylic acids is 1. The minimum Gasteiger partial charge on any atom is -0.307 e. The maximum absolute atomic E-state index is 14.2.